The number of nitrogens with zero attached hydrogens (tertiary/aromatic N) is 1. The number of thiazole rings is 1. The molecule has 1 N–H and O–H groups in total. The Morgan fingerprint density at radius 3 is 2.75 bits per heavy atom. The van der Waals surface area contributed by atoms with E-state index in [1.807, 2.05) is 18.2 Å². The van der Waals surface area contributed by atoms with Crippen LogP contribution in [-0.4, -0.2) is 4.98 Å². The predicted molar refractivity (Wildman–Crippen MR) is 91.5 cm³/mol. The number of fused-ring (bicyclic) bond motifs is 1. The highest BCUT2D eigenvalue weighted by molar-refractivity contribution is 9.10. The second-order valence-electron chi connectivity index (χ2n) is 4.69. The Morgan fingerprint density at radius 2 is 2.00 bits per heavy atom. The summed E-state index contributed by atoms with van der Waals surface area (Å²) in [4.78, 5) is 4.58. The first-order valence-corrected chi connectivity index (χ1v) is 8.11. The highest BCUT2D eigenvalue weighted by Gasteiger charge is 2.09. The zero-order chi connectivity index (χ0) is 14.3. The van der Waals surface area contributed by atoms with Crippen LogP contribution in [-0.2, 0) is 0 Å². The third kappa shape index (κ3) is 2.68. The molecule has 20 heavy (non-hydrogen) atoms. The predicted octanol–water partition coefficient (Wildman–Crippen LogP) is 6.07. The van der Waals surface area contributed by atoms with Crippen molar-refractivity contribution in [3.8, 4) is 0 Å². The number of anilines is 2. The van der Waals surface area contributed by atoms with Crippen molar-refractivity contribution in [3.63, 3.8) is 0 Å². The molecule has 0 aliphatic heterocycles. The molecule has 1 heterocycles. The zero-order valence-electron chi connectivity index (χ0n) is 11.0. The van der Waals surface area contributed by atoms with Crippen molar-refractivity contribution in [2.75, 3.05) is 5.32 Å². The van der Waals surface area contributed by atoms with Crippen molar-refractivity contribution >= 4 is 59.9 Å². The lowest BCUT2D eigenvalue weighted by molar-refractivity contribution is 1.34. The fraction of sp³-hybridized carbons (Fsp3) is 0.133. The first-order valence-electron chi connectivity index (χ1n) is 6.13. The van der Waals surface area contributed by atoms with E-state index >= 15 is 0 Å². The molecule has 1 aromatic heterocycles. The van der Waals surface area contributed by atoms with E-state index in [-0.39, 0.29) is 0 Å². The fourth-order valence-electron chi connectivity index (χ4n) is 2.13. The molecule has 0 saturated carbocycles. The molecule has 0 saturated heterocycles. The Kier molecular flexibility index (Phi) is 3.71. The second kappa shape index (κ2) is 5.35. The second-order valence-corrected chi connectivity index (χ2v) is 7.02. The Hall–Kier alpha value is -1.10. The molecule has 2 nitrogen and oxygen atoms in total. The molecule has 0 spiro atoms. The van der Waals surface area contributed by atoms with Gasteiger partial charge in [-0.05, 0) is 65.2 Å². The first kappa shape index (κ1) is 13.9. The van der Waals surface area contributed by atoms with Gasteiger partial charge in [0.15, 0.2) is 5.13 Å². The Bertz CT molecular complexity index is 775. The minimum atomic E-state index is 0.736. The van der Waals surface area contributed by atoms with Gasteiger partial charge in [-0.3, -0.25) is 0 Å². The van der Waals surface area contributed by atoms with Crippen LogP contribution >= 0.6 is 38.9 Å². The summed E-state index contributed by atoms with van der Waals surface area (Å²) < 4.78 is 2.13. The Balaban J connectivity index is 2.01. The third-order valence-electron chi connectivity index (χ3n) is 3.01. The van der Waals surface area contributed by atoms with Gasteiger partial charge in [0.25, 0.3) is 0 Å². The largest absolute Gasteiger partial charge is 0.330 e. The van der Waals surface area contributed by atoms with Gasteiger partial charge in [0.1, 0.15) is 0 Å². The monoisotopic (exact) mass is 366 g/mol. The van der Waals surface area contributed by atoms with Crippen molar-refractivity contribution in [3.05, 3.63) is 51.0 Å². The number of hydrogen-bond acceptors (Lipinski definition) is 3. The fourth-order valence-corrected chi connectivity index (χ4v) is 4.05. The molecule has 0 aliphatic carbocycles. The maximum Gasteiger partial charge on any atom is 0.188 e. The SMILES string of the molecule is Cc1cc(C)c(Nc2nc3ccc(Cl)cc3s2)c(Br)c1. The van der Waals surface area contributed by atoms with Gasteiger partial charge < -0.3 is 5.32 Å². The lowest BCUT2D eigenvalue weighted by Gasteiger charge is -2.10. The third-order valence-corrected chi connectivity index (χ3v) is 4.81. The summed E-state index contributed by atoms with van der Waals surface area (Å²) in [5.74, 6) is 0. The molecule has 102 valence electrons. The van der Waals surface area contributed by atoms with Crippen LogP contribution in [0.1, 0.15) is 11.1 Å². The Morgan fingerprint density at radius 1 is 1.20 bits per heavy atom. The summed E-state index contributed by atoms with van der Waals surface area (Å²) in [6.07, 6.45) is 0. The molecule has 0 radical (unpaired) electrons. The number of hydrogen-bond donors (Lipinski definition) is 1. The van der Waals surface area contributed by atoms with E-state index in [4.69, 9.17) is 11.6 Å². The van der Waals surface area contributed by atoms with Crippen LogP contribution in [0.2, 0.25) is 5.02 Å². The minimum Gasteiger partial charge on any atom is -0.330 e. The van der Waals surface area contributed by atoms with Crippen molar-refractivity contribution < 1.29 is 0 Å². The zero-order valence-corrected chi connectivity index (χ0v) is 14.2. The normalized spacial score (nSPS) is 11.0. The molecule has 0 atom stereocenters. The molecule has 0 amide bonds. The molecule has 5 heteroatoms. The highest BCUT2D eigenvalue weighted by Crippen LogP contribution is 2.34. The van der Waals surface area contributed by atoms with Crippen LogP contribution in [0.3, 0.4) is 0 Å². The quantitative estimate of drug-likeness (QED) is 0.594. The van der Waals surface area contributed by atoms with Crippen LogP contribution < -0.4 is 5.32 Å². The van der Waals surface area contributed by atoms with Gasteiger partial charge in [-0.25, -0.2) is 4.98 Å². The van der Waals surface area contributed by atoms with Crippen LogP contribution in [0, 0.1) is 13.8 Å². The van der Waals surface area contributed by atoms with Gasteiger partial charge in [0, 0.05) is 9.50 Å². The van der Waals surface area contributed by atoms with E-state index in [0.29, 0.717) is 0 Å². The van der Waals surface area contributed by atoms with E-state index in [1.165, 1.54) is 11.1 Å². The molecular formula is C15H12BrClN2S. The smallest absolute Gasteiger partial charge is 0.188 e. The molecule has 0 fully saturated rings. The summed E-state index contributed by atoms with van der Waals surface area (Å²) in [5, 5.41) is 5.00. The average molecular weight is 368 g/mol. The van der Waals surface area contributed by atoms with Crippen LogP contribution in [0.5, 0.6) is 0 Å². The number of aryl methyl sites for hydroxylation is 2. The molecule has 0 aliphatic rings. The van der Waals surface area contributed by atoms with Gasteiger partial charge in [0.2, 0.25) is 0 Å². The topological polar surface area (TPSA) is 24.9 Å². The van der Waals surface area contributed by atoms with Gasteiger partial charge in [0.05, 0.1) is 15.9 Å². The van der Waals surface area contributed by atoms with E-state index in [1.54, 1.807) is 11.3 Å². The maximum atomic E-state index is 6.01. The standard InChI is InChI=1S/C15H12BrClN2S/c1-8-5-9(2)14(11(16)6-8)19-15-18-12-4-3-10(17)7-13(12)20-15/h3-7H,1-2H3,(H,18,19). The van der Waals surface area contributed by atoms with Gasteiger partial charge in [-0.1, -0.05) is 29.0 Å². The molecular weight excluding hydrogens is 356 g/mol. The summed E-state index contributed by atoms with van der Waals surface area (Å²) in [5.41, 5.74) is 4.44. The molecule has 2 aromatic carbocycles. The van der Waals surface area contributed by atoms with Crippen LogP contribution in [0.15, 0.2) is 34.8 Å². The van der Waals surface area contributed by atoms with Gasteiger partial charge >= 0.3 is 0 Å². The summed E-state index contributed by atoms with van der Waals surface area (Å²) in [7, 11) is 0. The summed E-state index contributed by atoms with van der Waals surface area (Å²) in [6.45, 7) is 4.17. The van der Waals surface area contributed by atoms with Crippen LogP contribution in [0.4, 0.5) is 10.8 Å². The van der Waals surface area contributed by atoms with Crippen molar-refractivity contribution in [2.45, 2.75) is 13.8 Å². The molecule has 0 bridgehead atoms. The summed E-state index contributed by atoms with van der Waals surface area (Å²) >= 11 is 11.2. The number of benzene rings is 2. The van der Waals surface area contributed by atoms with E-state index in [2.05, 4.69) is 52.2 Å². The van der Waals surface area contributed by atoms with Gasteiger partial charge in [-0.15, -0.1) is 0 Å². The minimum absolute atomic E-state index is 0.736. The lowest BCUT2D eigenvalue weighted by Crippen LogP contribution is -1.94. The molecule has 3 rings (SSSR count). The number of rotatable bonds is 2. The summed E-state index contributed by atoms with van der Waals surface area (Å²) in [6, 6.07) is 9.99. The van der Waals surface area contributed by atoms with E-state index in [9.17, 15) is 0 Å². The lowest BCUT2D eigenvalue weighted by atomic mass is 10.1. The number of nitrogens with one attached hydrogen (secondary N) is 1. The molecule has 0 unspecified atom stereocenters. The van der Waals surface area contributed by atoms with E-state index < -0.39 is 0 Å². The van der Waals surface area contributed by atoms with Crippen molar-refractivity contribution in [2.24, 2.45) is 0 Å². The molecule has 3 aromatic rings. The first-order chi connectivity index (χ1) is 9.52. The average Bonchev–Trinajstić information content (AvgIpc) is 2.75. The van der Waals surface area contributed by atoms with Gasteiger partial charge in [-0.2, -0.15) is 0 Å². The van der Waals surface area contributed by atoms with Crippen molar-refractivity contribution in [1.82, 2.24) is 4.98 Å². The number of aromatic nitrogens is 1. The Labute approximate surface area is 134 Å². The highest BCUT2D eigenvalue weighted by atomic mass is 79.9. The van der Waals surface area contributed by atoms with Crippen molar-refractivity contribution in [1.29, 1.82) is 0 Å². The number of halogens is 2. The van der Waals surface area contributed by atoms with E-state index in [0.717, 1.165) is 30.5 Å². The van der Waals surface area contributed by atoms with Crippen LogP contribution in [0.25, 0.3) is 10.2 Å². The maximum absolute atomic E-state index is 6.01.